The molecule has 1 aliphatic rings. The van der Waals surface area contributed by atoms with Gasteiger partial charge in [0.25, 0.3) is 0 Å². The van der Waals surface area contributed by atoms with Crippen LogP contribution in [0, 0.1) is 5.82 Å². The standard InChI is InChI=1S/C22H23ClFN3O2S/c1-2-18-9-15(5-6-25-18)21-12-27(7-8-29-21)22-26-11-19(30-22)14-28-13-16-3-4-17(24)10-20(16)23/h3-6,9-11,21H,2,7-8,12-14H2,1H3. The highest BCUT2D eigenvalue weighted by molar-refractivity contribution is 7.15. The second-order valence-electron chi connectivity index (χ2n) is 7.08. The van der Waals surface area contributed by atoms with Crippen LogP contribution in [-0.2, 0) is 29.1 Å². The fourth-order valence-corrected chi connectivity index (χ4v) is 4.43. The minimum atomic E-state index is -0.350. The lowest BCUT2D eigenvalue weighted by Crippen LogP contribution is -2.38. The molecule has 158 valence electrons. The van der Waals surface area contributed by atoms with Crippen molar-refractivity contribution in [2.45, 2.75) is 32.7 Å². The molecule has 1 fully saturated rings. The fourth-order valence-electron chi connectivity index (χ4n) is 3.33. The van der Waals surface area contributed by atoms with Crippen LogP contribution in [0.15, 0.2) is 42.7 Å². The predicted octanol–water partition coefficient (Wildman–Crippen LogP) is 5.19. The van der Waals surface area contributed by atoms with Crippen LogP contribution in [0.2, 0.25) is 5.02 Å². The maximum atomic E-state index is 13.1. The van der Waals surface area contributed by atoms with Gasteiger partial charge in [0.1, 0.15) is 11.9 Å². The van der Waals surface area contributed by atoms with E-state index in [1.807, 2.05) is 18.5 Å². The molecule has 5 nitrogen and oxygen atoms in total. The second-order valence-corrected chi connectivity index (χ2v) is 8.58. The van der Waals surface area contributed by atoms with Crippen LogP contribution < -0.4 is 4.90 Å². The zero-order chi connectivity index (χ0) is 20.9. The van der Waals surface area contributed by atoms with Crippen molar-refractivity contribution in [1.29, 1.82) is 0 Å². The van der Waals surface area contributed by atoms with Crippen molar-refractivity contribution in [3.05, 3.63) is 75.3 Å². The minimum Gasteiger partial charge on any atom is -0.371 e. The van der Waals surface area contributed by atoms with Gasteiger partial charge >= 0.3 is 0 Å². The number of aromatic nitrogens is 2. The first-order valence-electron chi connectivity index (χ1n) is 9.90. The Morgan fingerprint density at radius 2 is 2.17 bits per heavy atom. The van der Waals surface area contributed by atoms with E-state index in [9.17, 15) is 4.39 Å². The van der Waals surface area contributed by atoms with Crippen LogP contribution in [0.25, 0.3) is 0 Å². The monoisotopic (exact) mass is 447 g/mol. The molecule has 0 radical (unpaired) electrons. The third-order valence-corrected chi connectivity index (χ3v) is 6.35. The van der Waals surface area contributed by atoms with E-state index in [2.05, 4.69) is 27.9 Å². The van der Waals surface area contributed by atoms with Crippen LogP contribution >= 0.6 is 22.9 Å². The smallest absolute Gasteiger partial charge is 0.185 e. The Bertz CT molecular complexity index is 1000. The molecule has 4 rings (SSSR count). The molecule has 2 aromatic heterocycles. The quantitative estimate of drug-likeness (QED) is 0.499. The average molecular weight is 448 g/mol. The first-order valence-corrected chi connectivity index (χ1v) is 11.1. The molecular formula is C22H23ClFN3O2S. The number of benzene rings is 1. The van der Waals surface area contributed by atoms with Crippen molar-refractivity contribution in [3.8, 4) is 0 Å². The van der Waals surface area contributed by atoms with Gasteiger partial charge in [-0.1, -0.05) is 35.9 Å². The van der Waals surface area contributed by atoms with Gasteiger partial charge in [-0.15, -0.1) is 0 Å². The van der Waals surface area contributed by atoms with E-state index in [1.54, 1.807) is 17.4 Å². The summed E-state index contributed by atoms with van der Waals surface area (Å²) in [6, 6.07) is 8.47. The maximum absolute atomic E-state index is 13.1. The summed E-state index contributed by atoms with van der Waals surface area (Å²) < 4.78 is 24.9. The Balaban J connectivity index is 1.34. The molecule has 1 aliphatic heterocycles. The van der Waals surface area contributed by atoms with Gasteiger partial charge in [-0.2, -0.15) is 0 Å². The van der Waals surface area contributed by atoms with E-state index in [-0.39, 0.29) is 11.9 Å². The largest absolute Gasteiger partial charge is 0.371 e. The molecule has 1 unspecified atom stereocenters. The van der Waals surface area contributed by atoms with E-state index in [0.717, 1.165) is 46.3 Å². The molecule has 0 saturated carbocycles. The number of hydrogen-bond donors (Lipinski definition) is 0. The van der Waals surface area contributed by atoms with Crippen molar-refractivity contribution in [2.75, 3.05) is 24.6 Å². The van der Waals surface area contributed by atoms with Crippen LogP contribution in [0.4, 0.5) is 9.52 Å². The van der Waals surface area contributed by atoms with Gasteiger partial charge in [-0.05, 0) is 41.8 Å². The molecule has 0 spiro atoms. The van der Waals surface area contributed by atoms with Gasteiger partial charge in [0.2, 0.25) is 0 Å². The number of pyridine rings is 1. The second kappa shape index (κ2) is 9.83. The highest BCUT2D eigenvalue weighted by Crippen LogP contribution is 2.30. The number of anilines is 1. The predicted molar refractivity (Wildman–Crippen MR) is 117 cm³/mol. The first-order chi connectivity index (χ1) is 14.6. The summed E-state index contributed by atoms with van der Waals surface area (Å²) in [5.74, 6) is -0.350. The lowest BCUT2D eigenvalue weighted by atomic mass is 10.1. The molecule has 8 heteroatoms. The zero-order valence-electron chi connectivity index (χ0n) is 16.7. The summed E-state index contributed by atoms with van der Waals surface area (Å²) >= 11 is 7.66. The molecule has 1 saturated heterocycles. The Hall–Kier alpha value is -2.06. The topological polar surface area (TPSA) is 47.5 Å². The summed E-state index contributed by atoms with van der Waals surface area (Å²) in [5, 5.41) is 1.34. The van der Waals surface area contributed by atoms with Gasteiger partial charge in [-0.3, -0.25) is 4.98 Å². The summed E-state index contributed by atoms with van der Waals surface area (Å²) in [7, 11) is 0. The van der Waals surface area contributed by atoms with E-state index in [4.69, 9.17) is 21.1 Å². The Morgan fingerprint density at radius 3 is 3.00 bits per heavy atom. The van der Waals surface area contributed by atoms with Crippen molar-refractivity contribution in [1.82, 2.24) is 9.97 Å². The summed E-state index contributed by atoms with van der Waals surface area (Å²) in [6.07, 6.45) is 4.61. The number of thiazole rings is 1. The zero-order valence-corrected chi connectivity index (χ0v) is 18.3. The molecule has 1 atom stereocenters. The molecule has 0 bridgehead atoms. The number of rotatable bonds is 7. The fraction of sp³-hybridized carbons (Fsp3) is 0.364. The molecule has 30 heavy (non-hydrogen) atoms. The molecule has 0 aliphatic carbocycles. The van der Waals surface area contributed by atoms with Crippen molar-refractivity contribution in [2.24, 2.45) is 0 Å². The third kappa shape index (κ3) is 5.16. The number of aryl methyl sites for hydroxylation is 1. The summed E-state index contributed by atoms with van der Waals surface area (Å²) in [6.45, 7) is 5.08. The Labute approximate surface area is 184 Å². The number of morpholine rings is 1. The van der Waals surface area contributed by atoms with Crippen molar-refractivity contribution in [3.63, 3.8) is 0 Å². The third-order valence-electron chi connectivity index (χ3n) is 4.97. The Morgan fingerprint density at radius 1 is 1.27 bits per heavy atom. The number of halogens is 2. The first kappa shape index (κ1) is 21.2. The molecule has 0 amide bonds. The summed E-state index contributed by atoms with van der Waals surface area (Å²) in [5.41, 5.74) is 2.99. The molecule has 3 aromatic rings. The number of nitrogens with zero attached hydrogens (tertiary/aromatic N) is 3. The molecular weight excluding hydrogens is 425 g/mol. The minimum absolute atomic E-state index is 0.0104. The van der Waals surface area contributed by atoms with Gasteiger partial charge in [0, 0.05) is 29.7 Å². The number of ether oxygens (including phenoxy) is 2. The Kier molecular flexibility index (Phi) is 6.94. The number of hydrogen-bond acceptors (Lipinski definition) is 6. The molecule has 0 N–H and O–H groups in total. The van der Waals surface area contributed by atoms with Crippen molar-refractivity contribution >= 4 is 28.1 Å². The van der Waals surface area contributed by atoms with Gasteiger partial charge < -0.3 is 14.4 Å². The average Bonchev–Trinajstić information content (AvgIpc) is 3.24. The maximum Gasteiger partial charge on any atom is 0.185 e. The van der Waals surface area contributed by atoms with E-state index in [1.165, 1.54) is 12.1 Å². The van der Waals surface area contributed by atoms with Crippen LogP contribution in [0.1, 0.15) is 34.7 Å². The summed E-state index contributed by atoms with van der Waals surface area (Å²) in [4.78, 5) is 12.2. The van der Waals surface area contributed by atoms with E-state index in [0.29, 0.717) is 24.8 Å². The van der Waals surface area contributed by atoms with Gasteiger partial charge in [0.15, 0.2) is 5.13 Å². The van der Waals surface area contributed by atoms with Crippen LogP contribution in [0.5, 0.6) is 0 Å². The van der Waals surface area contributed by atoms with E-state index < -0.39 is 0 Å². The highest BCUT2D eigenvalue weighted by atomic mass is 35.5. The van der Waals surface area contributed by atoms with Crippen LogP contribution in [0.3, 0.4) is 0 Å². The lowest BCUT2D eigenvalue weighted by Gasteiger charge is -2.33. The highest BCUT2D eigenvalue weighted by Gasteiger charge is 2.24. The molecule has 1 aromatic carbocycles. The SMILES string of the molecule is CCc1cc(C2CN(c3ncc(COCc4ccc(F)cc4Cl)s3)CCO2)ccn1. The van der Waals surface area contributed by atoms with Crippen molar-refractivity contribution < 1.29 is 13.9 Å². The van der Waals surface area contributed by atoms with Gasteiger partial charge in [-0.25, -0.2) is 9.37 Å². The van der Waals surface area contributed by atoms with Crippen LogP contribution in [-0.4, -0.2) is 29.7 Å². The lowest BCUT2D eigenvalue weighted by molar-refractivity contribution is 0.0397. The van der Waals surface area contributed by atoms with E-state index >= 15 is 0 Å². The van der Waals surface area contributed by atoms with Gasteiger partial charge in [0.05, 0.1) is 31.2 Å². The normalized spacial score (nSPS) is 16.8. The molecule has 3 heterocycles.